The van der Waals surface area contributed by atoms with Gasteiger partial charge in [0.1, 0.15) is 0 Å². The molecular formula is C27H25Cl2N3. The molecule has 1 aromatic heterocycles. The average molecular weight is 462 g/mol. The van der Waals surface area contributed by atoms with Gasteiger partial charge in [-0.25, -0.2) is 0 Å². The van der Waals surface area contributed by atoms with E-state index in [1.807, 2.05) is 48.7 Å². The highest BCUT2D eigenvalue weighted by Crippen LogP contribution is 2.32. The number of hydrogen-bond donors (Lipinski definition) is 1. The van der Waals surface area contributed by atoms with Gasteiger partial charge >= 0.3 is 0 Å². The number of fused-ring (bicyclic) bond motifs is 1. The second-order valence-electron chi connectivity index (χ2n) is 8.38. The molecule has 0 bridgehead atoms. The number of pyridine rings is 1. The Morgan fingerprint density at radius 1 is 0.844 bits per heavy atom. The first-order chi connectivity index (χ1) is 15.7. The molecule has 1 fully saturated rings. The van der Waals surface area contributed by atoms with Gasteiger partial charge in [0, 0.05) is 33.9 Å². The molecule has 1 aliphatic rings. The number of likely N-dealkylation sites (tertiary alicyclic amines) is 1. The molecule has 0 saturated carbocycles. The van der Waals surface area contributed by atoms with Crippen molar-refractivity contribution in [3.8, 4) is 0 Å². The Kier molecular flexibility index (Phi) is 6.31. The number of nitrogens with one attached hydrogen (secondary N) is 1. The molecule has 0 spiro atoms. The van der Waals surface area contributed by atoms with Crippen molar-refractivity contribution in [1.29, 1.82) is 0 Å². The highest BCUT2D eigenvalue weighted by molar-refractivity contribution is 6.31. The monoisotopic (exact) mass is 461 g/mol. The molecule has 5 rings (SSSR count). The van der Waals surface area contributed by atoms with E-state index in [-0.39, 0.29) is 6.04 Å². The molecular weight excluding hydrogens is 437 g/mol. The number of nitrogens with zero attached hydrogens (tertiary/aromatic N) is 2. The molecule has 0 aliphatic carbocycles. The van der Waals surface area contributed by atoms with Crippen molar-refractivity contribution in [3.63, 3.8) is 0 Å². The number of anilines is 1. The van der Waals surface area contributed by atoms with Crippen LogP contribution in [-0.4, -0.2) is 23.0 Å². The molecule has 0 radical (unpaired) electrons. The van der Waals surface area contributed by atoms with Crippen molar-refractivity contribution in [1.82, 2.24) is 9.88 Å². The summed E-state index contributed by atoms with van der Waals surface area (Å²) in [6.45, 7) is 3.42. The SMILES string of the molecule is Clc1cccc(C(Nc2ccnc3ccc(Cl)cc23)c2ccc(CN3CCCC3)cc2)c1. The summed E-state index contributed by atoms with van der Waals surface area (Å²) in [5.74, 6) is 0. The molecule has 1 N–H and O–H groups in total. The molecule has 1 unspecified atom stereocenters. The fourth-order valence-corrected chi connectivity index (χ4v) is 4.83. The van der Waals surface area contributed by atoms with Crippen LogP contribution in [-0.2, 0) is 6.54 Å². The number of benzene rings is 3. The van der Waals surface area contributed by atoms with Gasteiger partial charge in [0.15, 0.2) is 0 Å². The molecule has 1 aliphatic heterocycles. The molecule has 162 valence electrons. The second-order valence-corrected chi connectivity index (χ2v) is 9.25. The van der Waals surface area contributed by atoms with Crippen LogP contribution in [0.5, 0.6) is 0 Å². The van der Waals surface area contributed by atoms with Gasteiger partial charge in [0.2, 0.25) is 0 Å². The molecule has 1 atom stereocenters. The Hall–Kier alpha value is -2.59. The van der Waals surface area contributed by atoms with Crippen molar-refractivity contribution >= 4 is 39.8 Å². The molecule has 32 heavy (non-hydrogen) atoms. The van der Waals surface area contributed by atoms with E-state index in [0.29, 0.717) is 5.02 Å². The summed E-state index contributed by atoms with van der Waals surface area (Å²) in [5.41, 5.74) is 5.54. The Bertz CT molecular complexity index is 1220. The van der Waals surface area contributed by atoms with Crippen LogP contribution in [0.15, 0.2) is 79.0 Å². The minimum Gasteiger partial charge on any atom is -0.374 e. The van der Waals surface area contributed by atoms with Gasteiger partial charge in [-0.05, 0) is 79.0 Å². The molecule has 2 heterocycles. The smallest absolute Gasteiger partial charge is 0.0768 e. The Morgan fingerprint density at radius 2 is 1.62 bits per heavy atom. The van der Waals surface area contributed by atoms with Crippen LogP contribution in [0.3, 0.4) is 0 Å². The number of aromatic nitrogens is 1. The molecule has 0 amide bonds. The quantitative estimate of drug-likeness (QED) is 0.325. The summed E-state index contributed by atoms with van der Waals surface area (Å²) in [6.07, 6.45) is 4.44. The van der Waals surface area contributed by atoms with E-state index in [1.165, 1.54) is 37.1 Å². The fourth-order valence-electron chi connectivity index (χ4n) is 4.46. The standard InChI is InChI=1S/C27H25Cl2N3/c28-22-5-3-4-21(16-22)27(20-8-6-19(7-9-20)18-32-14-1-2-15-32)31-26-12-13-30-25-11-10-23(29)17-24(25)26/h3-13,16-17,27H,1-2,14-15,18H2,(H,30,31). The van der Waals surface area contributed by atoms with E-state index in [0.717, 1.165) is 33.7 Å². The normalized spacial score (nSPS) is 15.2. The van der Waals surface area contributed by atoms with Gasteiger partial charge in [0.25, 0.3) is 0 Å². The lowest BCUT2D eigenvalue weighted by atomic mass is 9.97. The highest BCUT2D eigenvalue weighted by atomic mass is 35.5. The van der Waals surface area contributed by atoms with Crippen LogP contribution in [0.4, 0.5) is 5.69 Å². The number of halogens is 2. The Labute approximate surface area is 199 Å². The zero-order valence-electron chi connectivity index (χ0n) is 17.8. The molecule has 3 nitrogen and oxygen atoms in total. The van der Waals surface area contributed by atoms with E-state index in [9.17, 15) is 0 Å². The van der Waals surface area contributed by atoms with E-state index >= 15 is 0 Å². The fraction of sp³-hybridized carbons (Fsp3) is 0.222. The van der Waals surface area contributed by atoms with Crippen molar-refractivity contribution in [2.45, 2.75) is 25.4 Å². The van der Waals surface area contributed by atoms with Crippen molar-refractivity contribution in [2.24, 2.45) is 0 Å². The number of hydrogen-bond acceptors (Lipinski definition) is 3. The Morgan fingerprint density at radius 3 is 2.41 bits per heavy atom. The predicted molar refractivity (Wildman–Crippen MR) is 135 cm³/mol. The topological polar surface area (TPSA) is 28.2 Å². The van der Waals surface area contributed by atoms with Crippen LogP contribution in [0.2, 0.25) is 10.0 Å². The lowest BCUT2D eigenvalue weighted by Crippen LogP contribution is -2.18. The van der Waals surface area contributed by atoms with Gasteiger partial charge in [-0.2, -0.15) is 0 Å². The maximum absolute atomic E-state index is 6.35. The van der Waals surface area contributed by atoms with Gasteiger partial charge in [-0.1, -0.05) is 59.6 Å². The first kappa shape index (κ1) is 21.3. The molecule has 4 aromatic rings. The summed E-state index contributed by atoms with van der Waals surface area (Å²) in [6, 6.07) is 24.7. The lowest BCUT2D eigenvalue weighted by molar-refractivity contribution is 0.331. The third-order valence-corrected chi connectivity index (χ3v) is 6.57. The highest BCUT2D eigenvalue weighted by Gasteiger charge is 2.17. The van der Waals surface area contributed by atoms with E-state index in [2.05, 4.69) is 45.5 Å². The average Bonchev–Trinajstić information content (AvgIpc) is 3.31. The summed E-state index contributed by atoms with van der Waals surface area (Å²) < 4.78 is 0. The third kappa shape index (κ3) is 4.75. The zero-order valence-corrected chi connectivity index (χ0v) is 19.3. The van der Waals surface area contributed by atoms with Crippen LogP contribution in [0.1, 0.15) is 35.6 Å². The van der Waals surface area contributed by atoms with Gasteiger partial charge in [-0.3, -0.25) is 9.88 Å². The van der Waals surface area contributed by atoms with Crippen LogP contribution in [0, 0.1) is 0 Å². The molecule has 5 heteroatoms. The van der Waals surface area contributed by atoms with Gasteiger partial charge in [-0.15, -0.1) is 0 Å². The minimum atomic E-state index is -0.0564. The maximum atomic E-state index is 6.35. The van der Waals surface area contributed by atoms with E-state index < -0.39 is 0 Å². The van der Waals surface area contributed by atoms with Crippen molar-refractivity contribution < 1.29 is 0 Å². The van der Waals surface area contributed by atoms with Gasteiger partial charge in [0.05, 0.1) is 11.6 Å². The van der Waals surface area contributed by atoms with Crippen LogP contribution >= 0.6 is 23.2 Å². The molecule has 1 saturated heterocycles. The summed E-state index contributed by atoms with van der Waals surface area (Å²) in [4.78, 5) is 7.01. The van der Waals surface area contributed by atoms with Gasteiger partial charge < -0.3 is 5.32 Å². The van der Waals surface area contributed by atoms with Crippen LogP contribution < -0.4 is 5.32 Å². The van der Waals surface area contributed by atoms with Crippen LogP contribution in [0.25, 0.3) is 10.9 Å². The zero-order chi connectivity index (χ0) is 21.9. The maximum Gasteiger partial charge on any atom is 0.0768 e. The third-order valence-electron chi connectivity index (χ3n) is 6.10. The van der Waals surface area contributed by atoms with E-state index in [4.69, 9.17) is 23.2 Å². The largest absolute Gasteiger partial charge is 0.374 e. The Balaban J connectivity index is 1.50. The molecule has 3 aromatic carbocycles. The first-order valence-electron chi connectivity index (χ1n) is 11.0. The minimum absolute atomic E-state index is 0.0564. The lowest BCUT2D eigenvalue weighted by Gasteiger charge is -2.23. The van der Waals surface area contributed by atoms with Crippen molar-refractivity contribution in [3.05, 3.63) is 106 Å². The second kappa shape index (κ2) is 9.50. The number of rotatable bonds is 6. The summed E-state index contributed by atoms with van der Waals surface area (Å²) in [7, 11) is 0. The first-order valence-corrected chi connectivity index (χ1v) is 11.8. The van der Waals surface area contributed by atoms with Crippen molar-refractivity contribution in [2.75, 3.05) is 18.4 Å². The summed E-state index contributed by atoms with van der Waals surface area (Å²) >= 11 is 12.6. The van der Waals surface area contributed by atoms with E-state index in [1.54, 1.807) is 0 Å². The predicted octanol–water partition coefficient (Wildman–Crippen LogP) is 7.34. The summed E-state index contributed by atoms with van der Waals surface area (Å²) in [5, 5.41) is 6.15.